The van der Waals surface area contributed by atoms with E-state index in [1.807, 2.05) is 30.3 Å². The lowest BCUT2D eigenvalue weighted by Crippen LogP contribution is -2.44. The Morgan fingerprint density at radius 3 is 2.44 bits per heavy atom. The van der Waals surface area contributed by atoms with Gasteiger partial charge in [0.15, 0.2) is 0 Å². The molecule has 144 valence electrons. The molecule has 2 aromatic rings. The van der Waals surface area contributed by atoms with Crippen molar-refractivity contribution in [2.45, 2.75) is 24.9 Å². The maximum absolute atomic E-state index is 6.23. The fourth-order valence-corrected chi connectivity index (χ4v) is 4.33. The van der Waals surface area contributed by atoms with Gasteiger partial charge in [-0.1, -0.05) is 6.07 Å². The Hall–Kier alpha value is -2.24. The maximum Gasteiger partial charge on any atom is 0.136 e. The molecule has 1 unspecified atom stereocenters. The summed E-state index contributed by atoms with van der Waals surface area (Å²) in [6.07, 6.45) is 2.32. The van der Waals surface area contributed by atoms with Crippen LogP contribution in [0.2, 0.25) is 0 Å². The van der Waals surface area contributed by atoms with Crippen molar-refractivity contribution in [3.63, 3.8) is 0 Å². The van der Waals surface area contributed by atoms with Gasteiger partial charge in [0.1, 0.15) is 23.0 Å². The fourth-order valence-electron chi connectivity index (χ4n) is 4.33. The van der Waals surface area contributed by atoms with Gasteiger partial charge in [-0.2, -0.15) is 0 Å². The van der Waals surface area contributed by atoms with Crippen LogP contribution in [0.25, 0.3) is 0 Å². The number of benzene rings is 2. The minimum Gasteiger partial charge on any atom is -0.497 e. The number of hydrogen-bond donors (Lipinski definition) is 0. The number of fused-ring (bicyclic) bond motifs is 2. The molecule has 0 N–H and O–H groups in total. The van der Waals surface area contributed by atoms with Gasteiger partial charge in [-0.15, -0.1) is 0 Å². The third-order valence-corrected chi connectivity index (χ3v) is 5.85. The summed E-state index contributed by atoms with van der Waals surface area (Å²) in [6, 6.07) is 12.9. The minimum atomic E-state index is 0.109. The fraction of sp³-hybridized carbons (Fsp3) is 0.455. The molecule has 0 saturated carbocycles. The van der Waals surface area contributed by atoms with Gasteiger partial charge in [-0.25, -0.2) is 0 Å². The number of rotatable bonds is 4. The van der Waals surface area contributed by atoms with E-state index in [1.54, 1.807) is 14.2 Å². The highest BCUT2D eigenvalue weighted by Gasteiger charge is 2.36. The third-order valence-electron chi connectivity index (χ3n) is 5.85. The van der Waals surface area contributed by atoms with Crippen LogP contribution >= 0.6 is 0 Å². The molecule has 1 atom stereocenters. The first kappa shape index (κ1) is 18.1. The molecule has 2 aliphatic heterocycles. The third kappa shape index (κ3) is 3.26. The van der Waals surface area contributed by atoms with Gasteiger partial charge in [0.05, 0.1) is 25.8 Å². The van der Waals surface area contributed by atoms with E-state index >= 15 is 0 Å². The van der Waals surface area contributed by atoms with Gasteiger partial charge >= 0.3 is 0 Å². The Bertz CT molecular complexity index is 813. The zero-order valence-corrected chi connectivity index (χ0v) is 16.6. The number of hydrogen-bond acceptors (Lipinski definition) is 5. The molecule has 0 aromatic heterocycles. The molecule has 0 spiro atoms. The quantitative estimate of drug-likeness (QED) is 0.817. The second-order valence-electron chi connectivity index (χ2n) is 7.51. The summed E-state index contributed by atoms with van der Waals surface area (Å²) in [5.41, 5.74) is 2.26. The summed E-state index contributed by atoms with van der Waals surface area (Å²) < 4.78 is 17.4. The number of likely N-dealkylation sites (tertiary alicyclic amines) is 1. The van der Waals surface area contributed by atoms with Crippen LogP contribution in [-0.4, -0.2) is 57.2 Å². The van der Waals surface area contributed by atoms with Gasteiger partial charge in [-0.05, 0) is 57.3 Å². The highest BCUT2D eigenvalue weighted by Crippen LogP contribution is 2.50. The lowest BCUT2D eigenvalue weighted by Gasteiger charge is -2.42. The van der Waals surface area contributed by atoms with E-state index in [4.69, 9.17) is 14.2 Å². The Balaban J connectivity index is 1.77. The van der Waals surface area contributed by atoms with Crippen LogP contribution in [-0.2, 0) is 0 Å². The molecule has 1 saturated heterocycles. The molecule has 1 fully saturated rings. The van der Waals surface area contributed by atoms with Crippen molar-refractivity contribution in [2.24, 2.45) is 0 Å². The van der Waals surface area contributed by atoms with Crippen molar-refractivity contribution < 1.29 is 14.2 Å². The normalized spacial score (nSPS) is 20.0. The van der Waals surface area contributed by atoms with Crippen LogP contribution in [0, 0.1) is 0 Å². The molecule has 2 aliphatic rings. The Morgan fingerprint density at radius 2 is 1.78 bits per heavy atom. The van der Waals surface area contributed by atoms with Crippen LogP contribution in [0.5, 0.6) is 23.0 Å². The Labute approximate surface area is 161 Å². The van der Waals surface area contributed by atoms with Gasteiger partial charge < -0.3 is 19.1 Å². The van der Waals surface area contributed by atoms with E-state index in [-0.39, 0.29) is 6.04 Å². The van der Waals surface area contributed by atoms with Gasteiger partial charge in [0.2, 0.25) is 0 Å². The summed E-state index contributed by atoms with van der Waals surface area (Å²) in [5, 5.41) is 0. The van der Waals surface area contributed by atoms with E-state index in [2.05, 4.69) is 30.0 Å². The monoisotopic (exact) mass is 368 g/mol. The minimum absolute atomic E-state index is 0.109. The first-order valence-electron chi connectivity index (χ1n) is 9.55. The summed E-state index contributed by atoms with van der Waals surface area (Å²) >= 11 is 0. The van der Waals surface area contributed by atoms with E-state index in [0.29, 0.717) is 6.04 Å². The van der Waals surface area contributed by atoms with Crippen molar-refractivity contribution >= 4 is 0 Å². The average Bonchev–Trinajstić information content (AvgIpc) is 2.71. The van der Waals surface area contributed by atoms with Crippen molar-refractivity contribution in [2.75, 3.05) is 41.4 Å². The molecule has 0 radical (unpaired) electrons. The number of piperidine rings is 1. The van der Waals surface area contributed by atoms with Crippen LogP contribution in [0.4, 0.5) is 0 Å². The molecule has 27 heavy (non-hydrogen) atoms. The lowest BCUT2D eigenvalue weighted by atomic mass is 9.90. The number of ether oxygens (including phenoxy) is 3. The lowest BCUT2D eigenvalue weighted by molar-refractivity contribution is 0.116. The van der Waals surface area contributed by atoms with E-state index in [9.17, 15) is 0 Å². The van der Waals surface area contributed by atoms with Crippen LogP contribution in [0.1, 0.15) is 30.0 Å². The summed E-state index contributed by atoms with van der Waals surface area (Å²) in [4.78, 5) is 4.90. The summed E-state index contributed by atoms with van der Waals surface area (Å²) in [5.74, 6) is 3.51. The van der Waals surface area contributed by atoms with Gasteiger partial charge in [-0.3, -0.25) is 4.90 Å². The highest BCUT2D eigenvalue weighted by molar-refractivity contribution is 5.59. The first-order chi connectivity index (χ1) is 13.1. The molecule has 4 rings (SSSR count). The summed E-state index contributed by atoms with van der Waals surface area (Å²) in [7, 11) is 7.78. The molecular formula is C22H28N2O3. The second kappa shape index (κ2) is 7.41. The van der Waals surface area contributed by atoms with Crippen molar-refractivity contribution in [3.05, 3.63) is 47.5 Å². The van der Waals surface area contributed by atoms with E-state index in [1.165, 1.54) is 0 Å². The van der Waals surface area contributed by atoms with Crippen LogP contribution in [0.15, 0.2) is 36.4 Å². The predicted octanol–water partition coefficient (Wildman–Crippen LogP) is 3.92. The average molecular weight is 368 g/mol. The molecule has 5 heteroatoms. The molecule has 2 heterocycles. The SMILES string of the molecule is COc1ccc2c(c1)C(N1CCC(N(C)C)CC1)c1c(OC)cccc1O2. The van der Waals surface area contributed by atoms with Crippen molar-refractivity contribution in [3.8, 4) is 23.0 Å². The zero-order chi connectivity index (χ0) is 19.0. The van der Waals surface area contributed by atoms with Crippen molar-refractivity contribution in [1.82, 2.24) is 9.80 Å². The molecule has 0 bridgehead atoms. The zero-order valence-electron chi connectivity index (χ0n) is 16.6. The topological polar surface area (TPSA) is 34.2 Å². The Morgan fingerprint density at radius 1 is 1.00 bits per heavy atom. The van der Waals surface area contributed by atoms with Gasteiger partial charge in [0.25, 0.3) is 0 Å². The van der Waals surface area contributed by atoms with Crippen LogP contribution in [0.3, 0.4) is 0 Å². The largest absolute Gasteiger partial charge is 0.497 e. The standard InChI is InChI=1S/C22H28N2O3/c1-23(2)15-10-12-24(13-11-15)22-17-14-16(25-3)8-9-18(17)27-20-7-5-6-19(26-4)21(20)22/h5-9,14-15,22H,10-13H2,1-4H3. The molecule has 0 amide bonds. The van der Waals surface area contributed by atoms with E-state index < -0.39 is 0 Å². The van der Waals surface area contributed by atoms with Crippen LogP contribution < -0.4 is 14.2 Å². The maximum atomic E-state index is 6.23. The molecule has 5 nitrogen and oxygen atoms in total. The van der Waals surface area contributed by atoms with E-state index in [0.717, 1.165) is 60.1 Å². The highest BCUT2D eigenvalue weighted by atomic mass is 16.5. The smallest absolute Gasteiger partial charge is 0.136 e. The van der Waals surface area contributed by atoms with Crippen molar-refractivity contribution in [1.29, 1.82) is 0 Å². The predicted molar refractivity (Wildman–Crippen MR) is 106 cm³/mol. The Kier molecular flexibility index (Phi) is 4.98. The first-order valence-corrected chi connectivity index (χ1v) is 9.55. The number of nitrogens with zero attached hydrogens (tertiary/aromatic N) is 2. The molecular weight excluding hydrogens is 340 g/mol. The molecule has 0 aliphatic carbocycles. The second-order valence-corrected chi connectivity index (χ2v) is 7.51. The molecule has 2 aromatic carbocycles. The number of methoxy groups -OCH3 is 2. The van der Waals surface area contributed by atoms with Gasteiger partial charge in [0, 0.05) is 24.7 Å². The summed E-state index contributed by atoms with van der Waals surface area (Å²) in [6.45, 7) is 2.09.